The number of carbonyl (C=O) groups is 1. The first-order valence-electron chi connectivity index (χ1n) is 5.07. The van der Waals surface area contributed by atoms with Gasteiger partial charge in [0.05, 0.1) is 0 Å². The lowest BCUT2D eigenvalue weighted by molar-refractivity contribution is 0.139. The summed E-state index contributed by atoms with van der Waals surface area (Å²) in [5, 5.41) is 3.22. The highest BCUT2D eigenvalue weighted by atomic mass is 35.5. The Labute approximate surface area is 99.7 Å². The predicted molar refractivity (Wildman–Crippen MR) is 63.3 cm³/mol. The third kappa shape index (κ3) is 5.00. The quantitative estimate of drug-likeness (QED) is 0.776. The highest BCUT2D eigenvalue weighted by Crippen LogP contribution is 2.11. The molecule has 0 fully saturated rings. The third-order valence-corrected chi connectivity index (χ3v) is 2.14. The standard InChI is InChI=1S/C11H15ClN2O2/c12-10-4-1-3-9(7-10)8-16-11(15)14-6-2-5-13/h1,3-4,7H,2,5-6,8,13H2,(H,14,15). The molecule has 3 N–H and O–H groups in total. The van der Waals surface area contributed by atoms with Crippen molar-refractivity contribution in [3.8, 4) is 0 Å². The fourth-order valence-corrected chi connectivity index (χ4v) is 1.33. The van der Waals surface area contributed by atoms with Crippen molar-refractivity contribution < 1.29 is 9.53 Å². The van der Waals surface area contributed by atoms with Crippen LogP contribution in [0.1, 0.15) is 12.0 Å². The van der Waals surface area contributed by atoms with Crippen molar-refractivity contribution in [2.45, 2.75) is 13.0 Å². The molecule has 0 aliphatic carbocycles. The van der Waals surface area contributed by atoms with E-state index in [2.05, 4.69) is 5.32 Å². The van der Waals surface area contributed by atoms with Gasteiger partial charge >= 0.3 is 6.09 Å². The van der Waals surface area contributed by atoms with Crippen molar-refractivity contribution in [3.63, 3.8) is 0 Å². The first kappa shape index (κ1) is 12.8. The molecule has 0 bridgehead atoms. The van der Waals surface area contributed by atoms with Gasteiger partial charge in [-0.15, -0.1) is 0 Å². The van der Waals surface area contributed by atoms with Gasteiger partial charge in [-0.05, 0) is 30.7 Å². The number of amides is 1. The van der Waals surface area contributed by atoms with Gasteiger partial charge in [-0.2, -0.15) is 0 Å². The zero-order valence-electron chi connectivity index (χ0n) is 8.91. The summed E-state index contributed by atoms with van der Waals surface area (Å²) >= 11 is 5.79. The lowest BCUT2D eigenvalue weighted by Gasteiger charge is -2.06. The summed E-state index contributed by atoms with van der Waals surface area (Å²) in [6, 6.07) is 7.19. The van der Waals surface area contributed by atoms with Gasteiger partial charge in [-0.1, -0.05) is 23.7 Å². The molecule has 0 unspecified atom stereocenters. The zero-order valence-corrected chi connectivity index (χ0v) is 9.67. The van der Waals surface area contributed by atoms with Crippen LogP contribution in [0.25, 0.3) is 0 Å². The molecule has 0 heterocycles. The molecule has 0 saturated heterocycles. The van der Waals surface area contributed by atoms with Crippen molar-refractivity contribution in [2.75, 3.05) is 13.1 Å². The van der Waals surface area contributed by atoms with Crippen LogP contribution in [0.15, 0.2) is 24.3 Å². The van der Waals surface area contributed by atoms with Crippen molar-refractivity contribution in [1.29, 1.82) is 0 Å². The zero-order chi connectivity index (χ0) is 11.8. The topological polar surface area (TPSA) is 64.3 Å². The molecule has 1 amide bonds. The van der Waals surface area contributed by atoms with Gasteiger partial charge in [0.15, 0.2) is 0 Å². The number of carbonyl (C=O) groups excluding carboxylic acids is 1. The maximum Gasteiger partial charge on any atom is 0.407 e. The van der Waals surface area contributed by atoms with Gasteiger partial charge in [0, 0.05) is 11.6 Å². The van der Waals surface area contributed by atoms with E-state index < -0.39 is 6.09 Å². The highest BCUT2D eigenvalue weighted by Gasteiger charge is 2.01. The van der Waals surface area contributed by atoms with Crippen LogP contribution in [-0.2, 0) is 11.3 Å². The number of alkyl carbamates (subject to hydrolysis) is 1. The molecule has 1 rings (SSSR count). The minimum atomic E-state index is -0.437. The first-order valence-corrected chi connectivity index (χ1v) is 5.45. The second-order valence-corrected chi connectivity index (χ2v) is 3.71. The molecular weight excluding hydrogens is 228 g/mol. The summed E-state index contributed by atoms with van der Waals surface area (Å²) in [6.45, 7) is 1.30. The average molecular weight is 243 g/mol. The van der Waals surface area contributed by atoms with E-state index in [4.69, 9.17) is 22.1 Å². The van der Waals surface area contributed by atoms with E-state index in [0.717, 1.165) is 12.0 Å². The van der Waals surface area contributed by atoms with Gasteiger partial charge in [0.25, 0.3) is 0 Å². The molecule has 1 aromatic carbocycles. The van der Waals surface area contributed by atoms with Crippen molar-refractivity contribution in [3.05, 3.63) is 34.9 Å². The van der Waals surface area contributed by atoms with E-state index in [-0.39, 0.29) is 6.61 Å². The Hall–Kier alpha value is -1.26. The maximum absolute atomic E-state index is 11.2. The second-order valence-electron chi connectivity index (χ2n) is 3.28. The number of benzene rings is 1. The Kier molecular flexibility index (Phi) is 5.67. The summed E-state index contributed by atoms with van der Waals surface area (Å²) in [4.78, 5) is 11.2. The van der Waals surface area contributed by atoms with Crippen LogP contribution < -0.4 is 11.1 Å². The number of hydrogen-bond acceptors (Lipinski definition) is 3. The molecule has 1 aromatic rings. The Morgan fingerprint density at radius 1 is 1.50 bits per heavy atom. The molecule has 0 spiro atoms. The van der Waals surface area contributed by atoms with Crippen molar-refractivity contribution >= 4 is 17.7 Å². The molecule has 88 valence electrons. The minimum Gasteiger partial charge on any atom is -0.445 e. The lowest BCUT2D eigenvalue weighted by atomic mass is 10.2. The summed E-state index contributed by atoms with van der Waals surface area (Å²) in [5.41, 5.74) is 6.15. The van der Waals surface area contributed by atoms with Crippen molar-refractivity contribution in [2.24, 2.45) is 5.73 Å². The second kappa shape index (κ2) is 7.09. The normalized spacial score (nSPS) is 9.88. The molecule has 0 aliphatic heterocycles. The Morgan fingerprint density at radius 3 is 3.00 bits per heavy atom. The van der Waals surface area contributed by atoms with E-state index in [1.807, 2.05) is 12.1 Å². The molecule has 0 atom stereocenters. The van der Waals surface area contributed by atoms with Crippen LogP contribution in [0.3, 0.4) is 0 Å². The van der Waals surface area contributed by atoms with Gasteiger partial charge < -0.3 is 15.8 Å². The van der Waals surface area contributed by atoms with E-state index >= 15 is 0 Å². The lowest BCUT2D eigenvalue weighted by Crippen LogP contribution is -2.26. The molecule has 0 aliphatic rings. The molecule has 5 heteroatoms. The first-order chi connectivity index (χ1) is 7.72. The predicted octanol–water partition coefficient (Wildman–Crippen LogP) is 1.91. The Morgan fingerprint density at radius 2 is 2.31 bits per heavy atom. The maximum atomic E-state index is 11.2. The van der Waals surface area contributed by atoms with Gasteiger partial charge in [0.2, 0.25) is 0 Å². The van der Waals surface area contributed by atoms with Gasteiger partial charge in [-0.25, -0.2) is 4.79 Å². The molecule has 0 radical (unpaired) electrons. The monoisotopic (exact) mass is 242 g/mol. The smallest absolute Gasteiger partial charge is 0.407 e. The minimum absolute atomic E-state index is 0.217. The largest absolute Gasteiger partial charge is 0.445 e. The molecule has 0 saturated carbocycles. The van der Waals surface area contributed by atoms with Gasteiger partial charge in [-0.3, -0.25) is 0 Å². The van der Waals surface area contributed by atoms with E-state index in [0.29, 0.717) is 18.1 Å². The SMILES string of the molecule is NCCCNC(=O)OCc1cccc(Cl)c1. The number of nitrogens with two attached hydrogens (primary N) is 1. The number of halogens is 1. The number of nitrogens with one attached hydrogen (secondary N) is 1. The van der Waals surface area contributed by atoms with Gasteiger partial charge in [0.1, 0.15) is 6.61 Å². The van der Waals surface area contributed by atoms with E-state index in [9.17, 15) is 4.79 Å². The Bertz CT molecular complexity index is 345. The fraction of sp³-hybridized carbons (Fsp3) is 0.364. The number of hydrogen-bond donors (Lipinski definition) is 2. The van der Waals surface area contributed by atoms with Crippen LogP contribution in [0.5, 0.6) is 0 Å². The summed E-state index contributed by atoms with van der Waals surface area (Å²) in [7, 11) is 0. The molecule has 0 aromatic heterocycles. The van der Waals surface area contributed by atoms with Crippen LogP contribution in [0, 0.1) is 0 Å². The number of rotatable bonds is 5. The van der Waals surface area contributed by atoms with Crippen LogP contribution >= 0.6 is 11.6 Å². The van der Waals surface area contributed by atoms with E-state index in [1.54, 1.807) is 12.1 Å². The highest BCUT2D eigenvalue weighted by molar-refractivity contribution is 6.30. The summed E-state index contributed by atoms with van der Waals surface area (Å²) in [5.74, 6) is 0. The van der Waals surface area contributed by atoms with Crippen LogP contribution in [-0.4, -0.2) is 19.2 Å². The molecular formula is C11H15ClN2O2. The molecule has 16 heavy (non-hydrogen) atoms. The molecule has 4 nitrogen and oxygen atoms in total. The number of ether oxygens (including phenoxy) is 1. The van der Waals surface area contributed by atoms with Crippen LogP contribution in [0.4, 0.5) is 4.79 Å². The van der Waals surface area contributed by atoms with E-state index in [1.165, 1.54) is 0 Å². The Balaban J connectivity index is 2.26. The summed E-state index contributed by atoms with van der Waals surface area (Å²) in [6.07, 6.45) is 0.306. The van der Waals surface area contributed by atoms with Crippen molar-refractivity contribution in [1.82, 2.24) is 5.32 Å². The fourth-order valence-electron chi connectivity index (χ4n) is 1.12. The third-order valence-electron chi connectivity index (χ3n) is 1.91. The summed E-state index contributed by atoms with van der Waals surface area (Å²) < 4.78 is 4.98. The van der Waals surface area contributed by atoms with Crippen LogP contribution in [0.2, 0.25) is 5.02 Å². The average Bonchev–Trinajstić information content (AvgIpc) is 2.27.